The second kappa shape index (κ2) is 4.83. The Bertz CT molecular complexity index is 131. The minimum atomic E-state index is -1.30. The van der Waals surface area contributed by atoms with Gasteiger partial charge in [0.15, 0.2) is 4.33 Å². The summed E-state index contributed by atoms with van der Waals surface area (Å²) < 4.78 is -1.30. The van der Waals surface area contributed by atoms with Crippen molar-refractivity contribution in [2.75, 3.05) is 6.54 Å². The van der Waals surface area contributed by atoms with E-state index in [2.05, 4.69) is 5.32 Å². The summed E-state index contributed by atoms with van der Waals surface area (Å²) in [5, 5.41) is 2.62. The maximum absolute atomic E-state index is 11.0. The number of hydrogen-bond acceptors (Lipinski definition) is 1. The molecule has 0 atom stereocenters. The first kappa shape index (κ1) is 11.1. The summed E-state index contributed by atoms with van der Waals surface area (Å²) in [5.41, 5.74) is 0. The van der Waals surface area contributed by atoms with E-state index in [1.54, 1.807) is 0 Å². The van der Waals surface area contributed by atoms with E-state index in [9.17, 15) is 4.79 Å². The van der Waals surface area contributed by atoms with Crippen molar-refractivity contribution >= 4 is 29.1 Å². The van der Waals surface area contributed by atoms with E-state index in [0.29, 0.717) is 6.54 Å². The fourth-order valence-corrected chi connectivity index (χ4v) is 0.668. The van der Waals surface area contributed by atoms with Crippen molar-refractivity contribution in [1.82, 2.24) is 5.32 Å². The minimum Gasteiger partial charge on any atom is -0.354 e. The van der Waals surface area contributed by atoms with Gasteiger partial charge in [-0.25, -0.2) is 0 Å². The highest BCUT2D eigenvalue weighted by Crippen LogP contribution is 2.18. The molecule has 0 spiro atoms. The SMILES string of the molecule is CCCCNC(=O)C(C)(Cl)Cl. The summed E-state index contributed by atoms with van der Waals surface area (Å²) in [6.07, 6.45) is 2.00. The van der Waals surface area contributed by atoms with Crippen LogP contribution in [-0.4, -0.2) is 16.8 Å². The highest BCUT2D eigenvalue weighted by Gasteiger charge is 2.26. The maximum atomic E-state index is 11.0. The van der Waals surface area contributed by atoms with Crippen LogP contribution in [-0.2, 0) is 4.79 Å². The number of amides is 1. The summed E-state index contributed by atoms with van der Waals surface area (Å²) in [5.74, 6) is -0.325. The van der Waals surface area contributed by atoms with Gasteiger partial charge < -0.3 is 5.32 Å². The van der Waals surface area contributed by atoms with E-state index in [4.69, 9.17) is 23.2 Å². The lowest BCUT2D eigenvalue weighted by Crippen LogP contribution is -2.36. The molecule has 0 rings (SSSR count). The molecule has 0 saturated carbocycles. The van der Waals surface area contributed by atoms with Gasteiger partial charge in [0.2, 0.25) is 0 Å². The van der Waals surface area contributed by atoms with E-state index in [0.717, 1.165) is 12.8 Å². The Morgan fingerprint density at radius 3 is 2.45 bits per heavy atom. The molecule has 0 aromatic heterocycles. The molecule has 11 heavy (non-hydrogen) atoms. The van der Waals surface area contributed by atoms with Crippen LogP contribution in [0.25, 0.3) is 0 Å². The third-order valence-electron chi connectivity index (χ3n) is 1.21. The Hall–Kier alpha value is 0.0500. The zero-order chi connectivity index (χ0) is 8.91. The Morgan fingerprint density at radius 2 is 2.09 bits per heavy atom. The molecule has 0 aromatic rings. The van der Waals surface area contributed by atoms with Gasteiger partial charge in [-0.15, -0.1) is 0 Å². The Morgan fingerprint density at radius 1 is 1.55 bits per heavy atom. The molecule has 0 aliphatic carbocycles. The molecule has 1 N–H and O–H groups in total. The number of halogens is 2. The molecule has 0 unspecified atom stereocenters. The van der Waals surface area contributed by atoms with Crippen LogP contribution in [0.5, 0.6) is 0 Å². The van der Waals surface area contributed by atoms with Gasteiger partial charge >= 0.3 is 0 Å². The molecule has 0 aromatic carbocycles. The van der Waals surface area contributed by atoms with Gasteiger partial charge in [0.05, 0.1) is 0 Å². The van der Waals surface area contributed by atoms with Crippen LogP contribution in [0.3, 0.4) is 0 Å². The molecule has 0 fully saturated rings. The van der Waals surface area contributed by atoms with Crippen LogP contribution in [0.15, 0.2) is 0 Å². The van der Waals surface area contributed by atoms with Crippen molar-refractivity contribution < 1.29 is 4.79 Å². The van der Waals surface area contributed by atoms with E-state index < -0.39 is 4.33 Å². The third kappa shape index (κ3) is 5.33. The zero-order valence-electron chi connectivity index (χ0n) is 6.79. The molecule has 0 heterocycles. The predicted molar refractivity (Wildman–Crippen MR) is 48.0 cm³/mol. The van der Waals surface area contributed by atoms with Crippen LogP contribution < -0.4 is 5.32 Å². The molecule has 0 saturated heterocycles. The average molecular weight is 198 g/mol. The van der Waals surface area contributed by atoms with Crippen LogP contribution in [0.1, 0.15) is 26.7 Å². The van der Waals surface area contributed by atoms with Crippen LogP contribution in [0.2, 0.25) is 0 Å². The smallest absolute Gasteiger partial charge is 0.256 e. The van der Waals surface area contributed by atoms with E-state index >= 15 is 0 Å². The number of rotatable bonds is 4. The lowest BCUT2D eigenvalue weighted by Gasteiger charge is -2.12. The summed E-state index contributed by atoms with van der Waals surface area (Å²) >= 11 is 11.0. The number of hydrogen-bond donors (Lipinski definition) is 1. The van der Waals surface area contributed by atoms with Gasteiger partial charge in [-0.2, -0.15) is 0 Å². The van der Waals surface area contributed by atoms with E-state index in [-0.39, 0.29) is 5.91 Å². The van der Waals surface area contributed by atoms with Crippen molar-refractivity contribution in [3.8, 4) is 0 Å². The van der Waals surface area contributed by atoms with Crippen molar-refractivity contribution in [3.63, 3.8) is 0 Å². The first-order chi connectivity index (χ1) is 4.98. The molecular weight excluding hydrogens is 185 g/mol. The summed E-state index contributed by atoms with van der Waals surface area (Å²) in [6.45, 7) is 4.15. The Labute approximate surface area is 77.2 Å². The molecular formula is C7H13Cl2NO. The number of alkyl halides is 2. The normalized spacial score (nSPS) is 11.3. The molecule has 0 aliphatic heterocycles. The number of carbonyl (C=O) groups is 1. The second-order valence-corrected chi connectivity index (χ2v) is 4.20. The number of nitrogens with one attached hydrogen (secondary N) is 1. The van der Waals surface area contributed by atoms with Gasteiger partial charge in [0.1, 0.15) is 0 Å². The van der Waals surface area contributed by atoms with E-state index in [1.807, 2.05) is 6.92 Å². The lowest BCUT2D eigenvalue weighted by molar-refractivity contribution is -0.121. The summed E-state index contributed by atoms with van der Waals surface area (Å²) in [4.78, 5) is 11.0. The maximum Gasteiger partial charge on any atom is 0.256 e. The first-order valence-corrected chi connectivity index (χ1v) is 4.40. The highest BCUT2D eigenvalue weighted by atomic mass is 35.5. The Balaban J connectivity index is 3.54. The molecule has 1 amide bonds. The van der Waals surface area contributed by atoms with E-state index in [1.165, 1.54) is 6.92 Å². The molecule has 0 bridgehead atoms. The lowest BCUT2D eigenvalue weighted by atomic mass is 10.3. The average Bonchev–Trinajstić information content (AvgIpc) is 1.86. The van der Waals surface area contributed by atoms with Crippen LogP contribution in [0, 0.1) is 0 Å². The predicted octanol–water partition coefficient (Wildman–Crippen LogP) is 2.10. The highest BCUT2D eigenvalue weighted by molar-refractivity contribution is 6.57. The van der Waals surface area contributed by atoms with Gasteiger partial charge in [-0.05, 0) is 13.3 Å². The van der Waals surface area contributed by atoms with Crippen molar-refractivity contribution in [2.45, 2.75) is 31.0 Å². The van der Waals surface area contributed by atoms with Gasteiger partial charge in [0.25, 0.3) is 5.91 Å². The van der Waals surface area contributed by atoms with Gasteiger partial charge in [-0.3, -0.25) is 4.79 Å². The summed E-state index contributed by atoms with van der Waals surface area (Å²) in [7, 11) is 0. The molecule has 66 valence electrons. The minimum absolute atomic E-state index is 0.325. The van der Waals surface area contributed by atoms with Gasteiger partial charge in [0, 0.05) is 6.54 Å². The molecule has 0 radical (unpaired) electrons. The Kier molecular flexibility index (Phi) is 4.86. The van der Waals surface area contributed by atoms with Gasteiger partial charge in [-0.1, -0.05) is 36.5 Å². The van der Waals surface area contributed by atoms with Crippen molar-refractivity contribution in [3.05, 3.63) is 0 Å². The topological polar surface area (TPSA) is 29.1 Å². The van der Waals surface area contributed by atoms with Crippen molar-refractivity contribution in [1.29, 1.82) is 0 Å². The summed E-state index contributed by atoms with van der Waals surface area (Å²) in [6, 6.07) is 0. The standard InChI is InChI=1S/C7H13Cl2NO/c1-3-4-5-10-6(11)7(2,8)9/h3-5H2,1-2H3,(H,10,11). The number of unbranched alkanes of at least 4 members (excludes halogenated alkanes) is 1. The fourth-order valence-electron chi connectivity index (χ4n) is 0.534. The monoisotopic (exact) mass is 197 g/mol. The molecule has 2 nitrogen and oxygen atoms in total. The quantitative estimate of drug-likeness (QED) is 0.543. The van der Waals surface area contributed by atoms with Crippen LogP contribution >= 0.6 is 23.2 Å². The third-order valence-corrected chi connectivity index (χ3v) is 1.56. The fraction of sp³-hybridized carbons (Fsp3) is 0.857. The second-order valence-electron chi connectivity index (χ2n) is 2.50. The zero-order valence-corrected chi connectivity index (χ0v) is 8.30. The van der Waals surface area contributed by atoms with Crippen molar-refractivity contribution in [2.24, 2.45) is 0 Å². The number of carbonyl (C=O) groups excluding carboxylic acids is 1. The first-order valence-electron chi connectivity index (χ1n) is 3.64. The largest absolute Gasteiger partial charge is 0.354 e. The molecule has 0 aliphatic rings. The van der Waals surface area contributed by atoms with Crippen LogP contribution in [0.4, 0.5) is 0 Å². The molecule has 4 heteroatoms.